The van der Waals surface area contributed by atoms with Crippen LogP contribution in [0.15, 0.2) is 12.3 Å². The molecule has 1 atom stereocenters. The average Bonchev–Trinajstić information content (AvgIpc) is 2.18. The van der Waals surface area contributed by atoms with Crippen molar-refractivity contribution in [3.63, 3.8) is 0 Å². The van der Waals surface area contributed by atoms with E-state index in [4.69, 9.17) is 4.74 Å². The maximum absolute atomic E-state index is 5.68. The van der Waals surface area contributed by atoms with Gasteiger partial charge in [-0.15, -0.1) is 0 Å². The van der Waals surface area contributed by atoms with Crippen LogP contribution < -0.4 is 10.1 Å². The summed E-state index contributed by atoms with van der Waals surface area (Å²) in [5.74, 6) is 0.895. The van der Waals surface area contributed by atoms with Crippen LogP contribution in [0.1, 0.15) is 24.6 Å². The van der Waals surface area contributed by atoms with Gasteiger partial charge in [0, 0.05) is 11.7 Å². The van der Waals surface area contributed by atoms with E-state index in [1.54, 1.807) is 0 Å². The van der Waals surface area contributed by atoms with Crippen molar-refractivity contribution >= 4 is 0 Å². The summed E-state index contributed by atoms with van der Waals surface area (Å²) in [6.07, 6.45) is 4.05. The Morgan fingerprint density at radius 1 is 1.60 bits per heavy atom. The second-order valence-electron chi connectivity index (χ2n) is 4.02. The molecular weight excluding hydrogens is 188 g/mol. The monoisotopic (exact) mass is 206 g/mol. The zero-order chi connectivity index (χ0) is 10.7. The largest absolute Gasteiger partial charge is 0.490 e. The summed E-state index contributed by atoms with van der Waals surface area (Å²) >= 11 is 0. The van der Waals surface area contributed by atoms with Gasteiger partial charge < -0.3 is 10.1 Å². The Morgan fingerprint density at radius 2 is 2.40 bits per heavy atom. The molecule has 1 aromatic heterocycles. The number of ether oxygens (including phenoxy) is 1. The molecule has 1 fully saturated rings. The maximum Gasteiger partial charge on any atom is 0.137 e. The SMILES string of the molecule is CCc1cc(OC[C@H]2CCN2)cnc1C. The van der Waals surface area contributed by atoms with E-state index >= 15 is 0 Å². The molecule has 1 saturated heterocycles. The molecule has 1 aliphatic heterocycles. The Hall–Kier alpha value is -1.09. The van der Waals surface area contributed by atoms with E-state index in [0.29, 0.717) is 6.04 Å². The minimum absolute atomic E-state index is 0.538. The van der Waals surface area contributed by atoms with Gasteiger partial charge in [0.15, 0.2) is 0 Å². The standard InChI is InChI=1S/C12H18N2O/c1-3-10-6-12(7-14-9(10)2)15-8-11-4-5-13-11/h6-7,11,13H,3-5,8H2,1-2H3/t11-/m1/s1. The van der Waals surface area contributed by atoms with E-state index in [1.165, 1.54) is 12.0 Å². The van der Waals surface area contributed by atoms with Crippen LogP contribution in [0.4, 0.5) is 0 Å². The lowest BCUT2D eigenvalue weighted by Crippen LogP contribution is -2.46. The van der Waals surface area contributed by atoms with Gasteiger partial charge in [-0.05, 0) is 37.9 Å². The summed E-state index contributed by atoms with van der Waals surface area (Å²) in [7, 11) is 0. The molecule has 3 nitrogen and oxygen atoms in total. The van der Waals surface area contributed by atoms with Crippen molar-refractivity contribution in [2.75, 3.05) is 13.2 Å². The van der Waals surface area contributed by atoms with Gasteiger partial charge in [0.25, 0.3) is 0 Å². The van der Waals surface area contributed by atoms with Crippen LogP contribution in [0.3, 0.4) is 0 Å². The molecule has 0 amide bonds. The molecule has 0 saturated carbocycles. The Kier molecular flexibility index (Phi) is 3.21. The summed E-state index contributed by atoms with van der Waals surface area (Å²) in [6, 6.07) is 2.64. The van der Waals surface area contributed by atoms with Gasteiger partial charge >= 0.3 is 0 Å². The van der Waals surface area contributed by atoms with Gasteiger partial charge in [0.1, 0.15) is 12.4 Å². The zero-order valence-electron chi connectivity index (χ0n) is 9.42. The molecule has 2 rings (SSSR count). The van der Waals surface area contributed by atoms with E-state index in [9.17, 15) is 0 Å². The highest BCUT2D eigenvalue weighted by molar-refractivity contribution is 5.28. The van der Waals surface area contributed by atoms with Crippen LogP contribution in [-0.2, 0) is 6.42 Å². The van der Waals surface area contributed by atoms with E-state index in [0.717, 1.165) is 31.0 Å². The number of aromatic nitrogens is 1. The molecule has 15 heavy (non-hydrogen) atoms. The zero-order valence-corrected chi connectivity index (χ0v) is 9.42. The fourth-order valence-corrected chi connectivity index (χ4v) is 1.68. The quantitative estimate of drug-likeness (QED) is 0.814. The molecule has 82 valence electrons. The molecule has 0 aromatic carbocycles. The van der Waals surface area contributed by atoms with Crippen LogP contribution in [0.25, 0.3) is 0 Å². The van der Waals surface area contributed by atoms with E-state index < -0.39 is 0 Å². The fraction of sp³-hybridized carbons (Fsp3) is 0.583. The molecule has 2 heterocycles. The Balaban J connectivity index is 1.95. The lowest BCUT2D eigenvalue weighted by molar-refractivity contribution is 0.216. The topological polar surface area (TPSA) is 34.1 Å². The minimum atomic E-state index is 0.538. The molecule has 1 aromatic rings. The third-order valence-corrected chi connectivity index (χ3v) is 2.92. The smallest absolute Gasteiger partial charge is 0.137 e. The summed E-state index contributed by atoms with van der Waals surface area (Å²) in [5.41, 5.74) is 2.38. The Bertz CT molecular complexity index is 334. The highest BCUT2D eigenvalue weighted by Crippen LogP contribution is 2.16. The van der Waals surface area contributed by atoms with Gasteiger partial charge in [-0.25, -0.2) is 0 Å². The predicted molar refractivity (Wildman–Crippen MR) is 60.3 cm³/mol. The number of nitrogens with zero attached hydrogens (tertiary/aromatic N) is 1. The van der Waals surface area contributed by atoms with Crippen LogP contribution in [-0.4, -0.2) is 24.2 Å². The van der Waals surface area contributed by atoms with E-state index in [-0.39, 0.29) is 0 Å². The van der Waals surface area contributed by atoms with Crippen molar-refractivity contribution in [3.05, 3.63) is 23.5 Å². The van der Waals surface area contributed by atoms with Gasteiger partial charge in [0.2, 0.25) is 0 Å². The molecular formula is C12H18N2O. The molecule has 1 N–H and O–H groups in total. The number of rotatable bonds is 4. The summed E-state index contributed by atoms with van der Waals surface area (Å²) in [4.78, 5) is 4.33. The molecule has 0 unspecified atom stereocenters. The van der Waals surface area contributed by atoms with Gasteiger partial charge in [-0.1, -0.05) is 6.92 Å². The Morgan fingerprint density at radius 3 is 3.00 bits per heavy atom. The molecule has 3 heteroatoms. The lowest BCUT2D eigenvalue weighted by Gasteiger charge is -2.27. The first-order valence-electron chi connectivity index (χ1n) is 5.61. The number of pyridine rings is 1. The minimum Gasteiger partial charge on any atom is -0.490 e. The van der Waals surface area contributed by atoms with Crippen LogP contribution in [0.2, 0.25) is 0 Å². The highest BCUT2D eigenvalue weighted by atomic mass is 16.5. The van der Waals surface area contributed by atoms with Gasteiger partial charge in [-0.2, -0.15) is 0 Å². The third-order valence-electron chi connectivity index (χ3n) is 2.92. The van der Waals surface area contributed by atoms with Crippen LogP contribution >= 0.6 is 0 Å². The van der Waals surface area contributed by atoms with E-state index in [1.807, 2.05) is 13.1 Å². The van der Waals surface area contributed by atoms with Crippen LogP contribution in [0.5, 0.6) is 5.75 Å². The van der Waals surface area contributed by atoms with Gasteiger partial charge in [-0.3, -0.25) is 4.98 Å². The summed E-state index contributed by atoms with van der Waals surface area (Å²) in [5, 5.41) is 3.31. The summed E-state index contributed by atoms with van der Waals surface area (Å²) < 4.78 is 5.68. The third kappa shape index (κ3) is 2.48. The average molecular weight is 206 g/mol. The first-order valence-corrected chi connectivity index (χ1v) is 5.61. The van der Waals surface area contributed by atoms with Crippen molar-refractivity contribution in [3.8, 4) is 5.75 Å². The first kappa shape index (κ1) is 10.4. The van der Waals surface area contributed by atoms with Crippen LogP contribution in [0, 0.1) is 6.92 Å². The van der Waals surface area contributed by atoms with Crippen molar-refractivity contribution < 1.29 is 4.74 Å². The van der Waals surface area contributed by atoms with Crippen molar-refractivity contribution in [2.45, 2.75) is 32.7 Å². The van der Waals surface area contributed by atoms with Gasteiger partial charge in [0.05, 0.1) is 6.20 Å². The summed E-state index contributed by atoms with van der Waals surface area (Å²) in [6.45, 7) is 6.06. The van der Waals surface area contributed by atoms with Crippen molar-refractivity contribution in [2.24, 2.45) is 0 Å². The molecule has 0 radical (unpaired) electrons. The Labute approximate surface area is 90.9 Å². The second-order valence-corrected chi connectivity index (χ2v) is 4.02. The second kappa shape index (κ2) is 4.62. The van der Waals surface area contributed by atoms with Crippen molar-refractivity contribution in [1.82, 2.24) is 10.3 Å². The number of hydrogen-bond donors (Lipinski definition) is 1. The normalized spacial score (nSPS) is 19.7. The van der Waals surface area contributed by atoms with Crippen molar-refractivity contribution in [1.29, 1.82) is 0 Å². The fourth-order valence-electron chi connectivity index (χ4n) is 1.68. The lowest BCUT2D eigenvalue weighted by atomic mass is 10.1. The number of aryl methyl sites for hydroxylation is 2. The maximum atomic E-state index is 5.68. The van der Waals surface area contributed by atoms with E-state index in [2.05, 4.69) is 23.3 Å². The molecule has 0 bridgehead atoms. The molecule has 0 aliphatic carbocycles. The molecule has 0 spiro atoms. The predicted octanol–water partition coefficient (Wildman–Crippen LogP) is 1.69. The number of hydrogen-bond acceptors (Lipinski definition) is 3. The number of nitrogens with one attached hydrogen (secondary N) is 1. The first-order chi connectivity index (χ1) is 7.29. The highest BCUT2D eigenvalue weighted by Gasteiger charge is 2.16. The molecule has 1 aliphatic rings.